The molecule has 2 aromatic rings. The molecule has 11 heteroatoms. The van der Waals surface area contributed by atoms with E-state index in [1.54, 1.807) is 30.6 Å². The number of aromatic amines is 1. The standard InChI is InChI=1S/C17H23N5O3S.2ClH/c1-12-3-5-13(6-4-12)26(24,25)22-9-2-8-19-17(23)16-15-14(7-10-18-16)20-11-21-15;;/h3-6,11,16,18,22H,2,7-10H2,1H3,(H,19,23)(H,20,21);2*1H. The zero-order chi connectivity index (χ0) is 18.6. The Hall–Kier alpha value is -1.65. The van der Waals surface area contributed by atoms with Crippen molar-refractivity contribution >= 4 is 40.7 Å². The number of nitrogens with one attached hydrogen (secondary N) is 4. The molecule has 0 saturated carbocycles. The van der Waals surface area contributed by atoms with Crippen LogP contribution in [0, 0.1) is 6.92 Å². The van der Waals surface area contributed by atoms with Crippen molar-refractivity contribution in [3.63, 3.8) is 0 Å². The first kappa shape index (κ1) is 24.4. The van der Waals surface area contributed by atoms with E-state index in [0.29, 0.717) is 19.5 Å². The number of carbonyl (C=O) groups is 1. The van der Waals surface area contributed by atoms with Crippen molar-refractivity contribution in [3.05, 3.63) is 47.5 Å². The molecule has 1 aromatic carbocycles. The van der Waals surface area contributed by atoms with Gasteiger partial charge in [-0.2, -0.15) is 0 Å². The van der Waals surface area contributed by atoms with E-state index in [2.05, 4.69) is 25.3 Å². The first-order valence-corrected chi connectivity index (χ1v) is 10.1. The summed E-state index contributed by atoms with van der Waals surface area (Å²) >= 11 is 0. The molecule has 8 nitrogen and oxygen atoms in total. The Morgan fingerprint density at radius 1 is 1.21 bits per heavy atom. The lowest BCUT2D eigenvalue weighted by Crippen LogP contribution is -2.42. The number of aromatic nitrogens is 2. The van der Waals surface area contributed by atoms with Gasteiger partial charge < -0.3 is 15.6 Å². The van der Waals surface area contributed by atoms with Crippen molar-refractivity contribution in [2.24, 2.45) is 0 Å². The van der Waals surface area contributed by atoms with E-state index in [1.807, 2.05) is 6.92 Å². The summed E-state index contributed by atoms with van der Waals surface area (Å²) in [6.45, 7) is 3.25. The van der Waals surface area contributed by atoms with Crippen molar-refractivity contribution in [1.82, 2.24) is 25.3 Å². The highest BCUT2D eigenvalue weighted by Gasteiger charge is 2.27. The van der Waals surface area contributed by atoms with Crippen molar-refractivity contribution in [1.29, 1.82) is 0 Å². The van der Waals surface area contributed by atoms with Crippen LogP contribution in [-0.2, 0) is 21.2 Å². The highest BCUT2D eigenvalue weighted by molar-refractivity contribution is 7.89. The van der Waals surface area contributed by atoms with Crippen molar-refractivity contribution in [3.8, 4) is 0 Å². The smallest absolute Gasteiger partial charge is 0.243 e. The van der Waals surface area contributed by atoms with E-state index in [1.165, 1.54) is 0 Å². The van der Waals surface area contributed by atoms with Gasteiger partial charge in [-0.05, 0) is 25.5 Å². The topological polar surface area (TPSA) is 116 Å². The maximum absolute atomic E-state index is 12.3. The second-order valence-electron chi connectivity index (χ2n) is 6.26. The van der Waals surface area contributed by atoms with Crippen LogP contribution in [0.1, 0.15) is 29.4 Å². The third kappa shape index (κ3) is 5.92. The normalized spacial score (nSPS) is 15.7. The number of rotatable bonds is 7. The summed E-state index contributed by atoms with van der Waals surface area (Å²) in [4.78, 5) is 19.8. The molecule has 0 aliphatic carbocycles. The number of imidazole rings is 1. The van der Waals surface area contributed by atoms with Gasteiger partial charge in [0.15, 0.2) is 0 Å². The van der Waals surface area contributed by atoms with Gasteiger partial charge in [-0.3, -0.25) is 4.79 Å². The van der Waals surface area contributed by atoms with Gasteiger partial charge in [-0.25, -0.2) is 18.1 Å². The van der Waals surface area contributed by atoms with Gasteiger partial charge >= 0.3 is 0 Å². The molecule has 0 spiro atoms. The summed E-state index contributed by atoms with van der Waals surface area (Å²) in [5.41, 5.74) is 2.71. The number of benzene rings is 1. The lowest BCUT2D eigenvalue weighted by molar-refractivity contribution is -0.123. The summed E-state index contributed by atoms with van der Waals surface area (Å²) in [6, 6.07) is 6.21. The Kier molecular flexibility index (Phi) is 9.38. The zero-order valence-electron chi connectivity index (χ0n) is 15.4. The molecule has 28 heavy (non-hydrogen) atoms. The first-order valence-electron chi connectivity index (χ1n) is 8.57. The lowest BCUT2D eigenvalue weighted by Gasteiger charge is -2.22. The summed E-state index contributed by atoms with van der Waals surface area (Å²) in [6.07, 6.45) is 2.91. The van der Waals surface area contributed by atoms with Crippen LogP contribution >= 0.6 is 24.8 Å². The lowest BCUT2D eigenvalue weighted by atomic mass is 10.1. The number of sulfonamides is 1. The molecule has 1 unspecified atom stereocenters. The van der Waals surface area contributed by atoms with Crippen molar-refractivity contribution < 1.29 is 13.2 Å². The summed E-state index contributed by atoms with van der Waals surface area (Å²) in [5, 5.41) is 5.97. The van der Waals surface area contributed by atoms with E-state index in [9.17, 15) is 13.2 Å². The summed E-state index contributed by atoms with van der Waals surface area (Å²) in [7, 11) is -3.52. The van der Waals surface area contributed by atoms with E-state index in [0.717, 1.165) is 23.4 Å². The SMILES string of the molecule is Cc1ccc(S(=O)(=O)NCCCNC(=O)C2NCCc3[nH]cnc32)cc1.Cl.Cl. The van der Waals surface area contributed by atoms with Crippen LogP contribution < -0.4 is 15.4 Å². The van der Waals surface area contributed by atoms with Gasteiger partial charge in [-0.1, -0.05) is 17.7 Å². The number of amides is 1. The molecule has 2 heterocycles. The predicted octanol–water partition coefficient (Wildman–Crippen LogP) is 1.23. The third-order valence-corrected chi connectivity index (χ3v) is 5.76. The minimum Gasteiger partial charge on any atom is -0.354 e. The number of hydrogen-bond acceptors (Lipinski definition) is 5. The van der Waals surface area contributed by atoms with Crippen LogP contribution in [0.25, 0.3) is 0 Å². The van der Waals surface area contributed by atoms with Crippen LogP contribution in [0.4, 0.5) is 0 Å². The van der Waals surface area contributed by atoms with E-state index in [4.69, 9.17) is 0 Å². The van der Waals surface area contributed by atoms with Crippen LogP contribution in [-0.4, -0.2) is 43.9 Å². The number of H-pyrrole nitrogens is 1. The van der Waals surface area contributed by atoms with E-state index >= 15 is 0 Å². The Labute approximate surface area is 177 Å². The van der Waals surface area contributed by atoms with Gasteiger partial charge in [0.1, 0.15) is 6.04 Å². The van der Waals surface area contributed by atoms with Gasteiger partial charge in [0.2, 0.25) is 15.9 Å². The molecule has 1 aromatic heterocycles. The van der Waals surface area contributed by atoms with E-state index in [-0.39, 0.29) is 42.2 Å². The van der Waals surface area contributed by atoms with Gasteiger partial charge in [0.25, 0.3) is 0 Å². The maximum Gasteiger partial charge on any atom is 0.243 e. The molecule has 0 bridgehead atoms. The minimum absolute atomic E-state index is 0. The molecule has 156 valence electrons. The number of aryl methyl sites for hydroxylation is 1. The molecule has 0 radical (unpaired) electrons. The fourth-order valence-electron chi connectivity index (χ4n) is 2.84. The van der Waals surface area contributed by atoms with Crippen LogP contribution in [0.3, 0.4) is 0 Å². The number of nitrogens with zero attached hydrogens (tertiary/aromatic N) is 1. The largest absolute Gasteiger partial charge is 0.354 e. The number of hydrogen-bond donors (Lipinski definition) is 4. The molecule has 1 aliphatic rings. The third-order valence-electron chi connectivity index (χ3n) is 4.29. The Bertz CT molecular complexity index is 871. The number of carbonyl (C=O) groups excluding carboxylic acids is 1. The minimum atomic E-state index is -3.52. The molecule has 1 amide bonds. The Balaban J connectivity index is 0.00000196. The van der Waals surface area contributed by atoms with Gasteiger partial charge in [-0.15, -0.1) is 24.8 Å². The van der Waals surface area contributed by atoms with Crippen LogP contribution in [0.2, 0.25) is 0 Å². The maximum atomic E-state index is 12.3. The Morgan fingerprint density at radius 3 is 2.64 bits per heavy atom. The fourth-order valence-corrected chi connectivity index (χ4v) is 3.92. The molecule has 1 aliphatic heterocycles. The summed E-state index contributed by atoms with van der Waals surface area (Å²) in [5.74, 6) is -0.153. The molecular weight excluding hydrogens is 425 g/mol. The quantitative estimate of drug-likeness (QED) is 0.474. The number of fused-ring (bicyclic) bond motifs is 1. The van der Waals surface area contributed by atoms with E-state index < -0.39 is 16.1 Å². The van der Waals surface area contributed by atoms with Crippen LogP contribution in [0.15, 0.2) is 35.5 Å². The highest BCUT2D eigenvalue weighted by atomic mass is 35.5. The average Bonchev–Trinajstić information content (AvgIpc) is 3.10. The van der Waals surface area contributed by atoms with Gasteiger partial charge in [0, 0.05) is 31.7 Å². The molecule has 4 N–H and O–H groups in total. The van der Waals surface area contributed by atoms with Crippen molar-refractivity contribution in [2.45, 2.75) is 30.7 Å². The molecule has 0 saturated heterocycles. The molecular formula is C17H25Cl2N5O3S. The Morgan fingerprint density at radius 2 is 1.93 bits per heavy atom. The second kappa shape index (κ2) is 10.8. The molecule has 3 rings (SSSR count). The predicted molar refractivity (Wildman–Crippen MR) is 112 cm³/mol. The molecule has 1 atom stereocenters. The second-order valence-corrected chi connectivity index (χ2v) is 8.03. The van der Waals surface area contributed by atoms with Crippen molar-refractivity contribution in [2.75, 3.05) is 19.6 Å². The zero-order valence-corrected chi connectivity index (χ0v) is 17.8. The summed E-state index contributed by atoms with van der Waals surface area (Å²) < 4.78 is 26.9. The average molecular weight is 450 g/mol. The molecule has 0 fully saturated rings. The first-order chi connectivity index (χ1) is 12.5. The van der Waals surface area contributed by atoms with Gasteiger partial charge in [0.05, 0.1) is 16.9 Å². The highest BCUT2D eigenvalue weighted by Crippen LogP contribution is 2.19. The monoisotopic (exact) mass is 449 g/mol. The number of halogens is 2. The van der Waals surface area contributed by atoms with Crippen LogP contribution in [0.5, 0.6) is 0 Å². The fraction of sp³-hybridized carbons (Fsp3) is 0.412.